The number of H-pyrrole nitrogens is 1. The second kappa shape index (κ2) is 10.8. The lowest BCUT2D eigenvalue weighted by molar-refractivity contribution is 0.419. The summed E-state index contributed by atoms with van der Waals surface area (Å²) in [5, 5.41) is 0.636. The van der Waals surface area contributed by atoms with E-state index in [1.165, 1.54) is 16.7 Å². The first kappa shape index (κ1) is 22.7. The number of benzene rings is 1. The minimum absolute atomic E-state index is 0.0627. The van der Waals surface area contributed by atoms with E-state index in [2.05, 4.69) is 50.9 Å². The summed E-state index contributed by atoms with van der Waals surface area (Å²) in [6.45, 7) is 10.6. The van der Waals surface area contributed by atoms with Crippen LogP contribution in [-0.4, -0.2) is 12.1 Å². The number of rotatable bonds is 9. The number of methoxy groups -OCH3 is 1. The van der Waals surface area contributed by atoms with E-state index in [0.29, 0.717) is 17.6 Å². The van der Waals surface area contributed by atoms with Crippen molar-refractivity contribution in [1.82, 2.24) is 4.98 Å². The molecule has 3 heteroatoms. The maximum absolute atomic E-state index is 13.0. The molecule has 0 aliphatic carbocycles. The summed E-state index contributed by atoms with van der Waals surface area (Å²) < 4.78 is 5.40. The highest BCUT2D eigenvalue weighted by molar-refractivity contribution is 5.85. The zero-order valence-corrected chi connectivity index (χ0v) is 18.8. The molecule has 0 spiro atoms. The fraction of sp³-hybridized carbons (Fsp3) is 0.423. The van der Waals surface area contributed by atoms with E-state index in [-0.39, 0.29) is 5.43 Å². The third kappa shape index (κ3) is 6.49. The van der Waals surface area contributed by atoms with Crippen LogP contribution in [0.25, 0.3) is 10.9 Å². The number of allylic oxidation sites excluding steroid dienone is 6. The van der Waals surface area contributed by atoms with Crippen molar-refractivity contribution in [2.24, 2.45) is 0 Å². The normalized spacial score (nSPS) is 12.3. The summed E-state index contributed by atoms with van der Waals surface area (Å²) in [6.07, 6.45) is 11.8. The molecule has 0 aliphatic rings. The number of aryl methyl sites for hydroxylation is 1. The van der Waals surface area contributed by atoms with Gasteiger partial charge in [0.1, 0.15) is 5.75 Å². The Bertz CT molecular complexity index is 986. The Kier molecular flexibility index (Phi) is 8.50. The second-order valence-corrected chi connectivity index (χ2v) is 8.10. The van der Waals surface area contributed by atoms with E-state index in [4.69, 9.17) is 4.74 Å². The third-order valence-corrected chi connectivity index (χ3v) is 5.30. The predicted molar refractivity (Wildman–Crippen MR) is 125 cm³/mol. The summed E-state index contributed by atoms with van der Waals surface area (Å²) in [6, 6.07) is 5.66. The van der Waals surface area contributed by atoms with Gasteiger partial charge in [-0.15, -0.1) is 0 Å². The van der Waals surface area contributed by atoms with Crippen molar-refractivity contribution in [2.75, 3.05) is 7.11 Å². The standard InChI is InChI=1S/C26H35NO2/c1-18(2)10-7-11-19(3)12-8-13-20(4)16-17-22-21(5)27-23-14-9-15-24(29-6)25(23)26(22)28/h9-10,12,14-16H,7-8,11,13,17H2,1-6H3,(H,27,28)/b19-12+,20-16+. The number of hydrogen-bond donors (Lipinski definition) is 1. The van der Waals surface area contributed by atoms with Crippen molar-refractivity contribution in [3.05, 3.63) is 74.6 Å². The summed E-state index contributed by atoms with van der Waals surface area (Å²) >= 11 is 0. The Labute approximate surface area is 175 Å². The van der Waals surface area contributed by atoms with Gasteiger partial charge < -0.3 is 9.72 Å². The zero-order valence-electron chi connectivity index (χ0n) is 18.8. The summed E-state index contributed by atoms with van der Waals surface area (Å²) in [5.41, 5.74) is 6.78. The number of aromatic nitrogens is 1. The van der Waals surface area contributed by atoms with Crippen LogP contribution in [0, 0.1) is 6.92 Å². The van der Waals surface area contributed by atoms with Crippen LogP contribution < -0.4 is 10.2 Å². The molecule has 156 valence electrons. The molecule has 0 fully saturated rings. The highest BCUT2D eigenvalue weighted by Gasteiger charge is 2.12. The van der Waals surface area contributed by atoms with Crippen LogP contribution in [-0.2, 0) is 6.42 Å². The van der Waals surface area contributed by atoms with Gasteiger partial charge in [0.2, 0.25) is 0 Å². The van der Waals surface area contributed by atoms with Crippen molar-refractivity contribution in [3.63, 3.8) is 0 Å². The molecule has 0 radical (unpaired) electrons. The molecule has 1 N–H and O–H groups in total. The molecule has 0 aliphatic heterocycles. The smallest absolute Gasteiger partial charge is 0.196 e. The second-order valence-electron chi connectivity index (χ2n) is 8.10. The van der Waals surface area contributed by atoms with Gasteiger partial charge in [-0.05, 0) is 78.9 Å². The maximum Gasteiger partial charge on any atom is 0.196 e. The van der Waals surface area contributed by atoms with Crippen molar-refractivity contribution in [2.45, 2.75) is 66.7 Å². The molecule has 2 rings (SSSR count). The largest absolute Gasteiger partial charge is 0.496 e. The Morgan fingerprint density at radius 3 is 2.31 bits per heavy atom. The van der Waals surface area contributed by atoms with E-state index < -0.39 is 0 Å². The van der Waals surface area contributed by atoms with Crippen LogP contribution in [0.5, 0.6) is 5.75 Å². The summed E-state index contributed by atoms with van der Waals surface area (Å²) in [7, 11) is 1.60. The van der Waals surface area contributed by atoms with Crippen molar-refractivity contribution in [1.29, 1.82) is 0 Å². The quantitative estimate of drug-likeness (QED) is 0.476. The first-order valence-corrected chi connectivity index (χ1v) is 10.5. The van der Waals surface area contributed by atoms with Gasteiger partial charge in [0.05, 0.1) is 18.0 Å². The van der Waals surface area contributed by atoms with Crippen LogP contribution in [0.2, 0.25) is 0 Å². The number of aromatic amines is 1. The molecule has 0 atom stereocenters. The highest BCUT2D eigenvalue weighted by atomic mass is 16.5. The minimum Gasteiger partial charge on any atom is -0.496 e. The minimum atomic E-state index is 0.0627. The Morgan fingerprint density at radius 2 is 1.66 bits per heavy atom. The topological polar surface area (TPSA) is 42.1 Å². The molecule has 0 saturated heterocycles. The Hall–Kier alpha value is -2.55. The van der Waals surface area contributed by atoms with Gasteiger partial charge in [-0.3, -0.25) is 4.79 Å². The molecule has 3 nitrogen and oxygen atoms in total. The molecule has 29 heavy (non-hydrogen) atoms. The summed E-state index contributed by atoms with van der Waals surface area (Å²) in [4.78, 5) is 16.4. The zero-order chi connectivity index (χ0) is 21.4. The lowest BCUT2D eigenvalue weighted by Gasteiger charge is -2.10. The predicted octanol–water partition coefficient (Wildman–Crippen LogP) is 6.81. The maximum atomic E-state index is 13.0. The number of pyridine rings is 1. The van der Waals surface area contributed by atoms with Gasteiger partial charge in [0.25, 0.3) is 0 Å². The molecular weight excluding hydrogens is 358 g/mol. The lowest BCUT2D eigenvalue weighted by Crippen LogP contribution is -2.13. The summed E-state index contributed by atoms with van der Waals surface area (Å²) in [5.74, 6) is 0.624. The van der Waals surface area contributed by atoms with Gasteiger partial charge in [0.15, 0.2) is 5.43 Å². The van der Waals surface area contributed by atoms with Crippen LogP contribution in [0.3, 0.4) is 0 Å². The Morgan fingerprint density at radius 1 is 1.00 bits per heavy atom. The Balaban J connectivity index is 2.06. The van der Waals surface area contributed by atoms with Gasteiger partial charge in [-0.2, -0.15) is 0 Å². The molecule has 2 aromatic rings. The fourth-order valence-corrected chi connectivity index (χ4v) is 3.50. The number of nitrogens with one attached hydrogen (secondary N) is 1. The lowest BCUT2D eigenvalue weighted by atomic mass is 10.0. The molecular formula is C26H35NO2. The van der Waals surface area contributed by atoms with Gasteiger partial charge >= 0.3 is 0 Å². The van der Waals surface area contributed by atoms with E-state index >= 15 is 0 Å². The highest BCUT2D eigenvalue weighted by Crippen LogP contribution is 2.22. The van der Waals surface area contributed by atoms with Crippen molar-refractivity contribution >= 4 is 10.9 Å². The molecule has 1 aromatic carbocycles. The molecule has 0 bridgehead atoms. The number of fused-ring (bicyclic) bond motifs is 1. The van der Waals surface area contributed by atoms with Crippen LogP contribution >= 0.6 is 0 Å². The molecule has 1 aromatic heterocycles. The SMILES string of the molecule is COc1cccc2[nH]c(C)c(C/C=C(\C)CC/C=C(\C)CCC=C(C)C)c(=O)c12. The average molecular weight is 394 g/mol. The average Bonchev–Trinajstić information content (AvgIpc) is 2.66. The fourth-order valence-electron chi connectivity index (χ4n) is 3.50. The van der Waals surface area contributed by atoms with Crippen molar-refractivity contribution < 1.29 is 4.74 Å². The molecule has 1 heterocycles. The van der Waals surface area contributed by atoms with E-state index in [0.717, 1.165) is 42.5 Å². The van der Waals surface area contributed by atoms with Crippen molar-refractivity contribution in [3.8, 4) is 5.75 Å². The van der Waals surface area contributed by atoms with E-state index in [1.54, 1.807) is 7.11 Å². The van der Waals surface area contributed by atoms with Crippen LogP contribution in [0.15, 0.2) is 57.9 Å². The monoisotopic (exact) mass is 393 g/mol. The molecule has 0 saturated carbocycles. The first-order valence-electron chi connectivity index (χ1n) is 10.5. The van der Waals surface area contributed by atoms with Gasteiger partial charge in [-0.25, -0.2) is 0 Å². The van der Waals surface area contributed by atoms with E-state index in [9.17, 15) is 4.79 Å². The number of ether oxygens (including phenoxy) is 1. The van der Waals surface area contributed by atoms with E-state index in [1.807, 2.05) is 25.1 Å². The third-order valence-electron chi connectivity index (χ3n) is 5.30. The molecule has 0 amide bonds. The molecule has 0 unspecified atom stereocenters. The van der Waals surface area contributed by atoms with Crippen LogP contribution in [0.4, 0.5) is 0 Å². The number of hydrogen-bond acceptors (Lipinski definition) is 2. The van der Waals surface area contributed by atoms with Crippen LogP contribution in [0.1, 0.15) is 64.6 Å². The van der Waals surface area contributed by atoms with Gasteiger partial charge in [0, 0.05) is 11.3 Å². The van der Waals surface area contributed by atoms with Gasteiger partial charge in [-0.1, -0.05) is 41.0 Å². The first-order chi connectivity index (χ1) is 13.8.